The van der Waals surface area contributed by atoms with Crippen LogP contribution >= 0.6 is 11.8 Å². The van der Waals surface area contributed by atoms with Crippen LogP contribution in [0, 0.1) is 5.92 Å². The van der Waals surface area contributed by atoms with Gasteiger partial charge in [-0.15, -0.1) is 11.8 Å². The number of likely N-dealkylation sites (tertiary alicyclic amines) is 1. The molecule has 0 aromatic rings. The lowest BCUT2D eigenvalue weighted by Gasteiger charge is -2.36. The van der Waals surface area contributed by atoms with Crippen molar-refractivity contribution in [1.29, 1.82) is 0 Å². The molecule has 2 fully saturated rings. The molecule has 7 heteroatoms. The van der Waals surface area contributed by atoms with Crippen molar-refractivity contribution in [2.24, 2.45) is 5.92 Å². The number of aliphatic carboxylic acids is 1. The Bertz CT molecular complexity index is 366. The third-order valence-electron chi connectivity index (χ3n) is 3.85. The van der Waals surface area contributed by atoms with E-state index in [1.807, 2.05) is 0 Å². The van der Waals surface area contributed by atoms with Crippen LogP contribution in [0.3, 0.4) is 0 Å². The van der Waals surface area contributed by atoms with Gasteiger partial charge in [0.05, 0.1) is 5.88 Å². The van der Waals surface area contributed by atoms with Gasteiger partial charge in [0.1, 0.15) is 6.04 Å². The van der Waals surface area contributed by atoms with E-state index in [9.17, 15) is 9.59 Å². The molecular weight excluding hydrogens is 266 g/mol. The van der Waals surface area contributed by atoms with Gasteiger partial charge in [-0.2, -0.15) is 0 Å². The molecular formula is C12H21N3O3S. The topological polar surface area (TPSA) is 72.9 Å². The van der Waals surface area contributed by atoms with Crippen molar-refractivity contribution in [3.63, 3.8) is 0 Å². The first-order valence-electron chi connectivity index (χ1n) is 6.55. The lowest BCUT2D eigenvalue weighted by molar-refractivity contribution is -0.140. The zero-order valence-electron chi connectivity index (χ0n) is 11.3. The minimum absolute atomic E-state index is 0.142. The maximum absolute atomic E-state index is 12.2. The number of piperidine rings is 1. The Morgan fingerprint density at radius 1 is 1.42 bits per heavy atom. The summed E-state index contributed by atoms with van der Waals surface area (Å²) in [5, 5.41) is 12.1. The van der Waals surface area contributed by atoms with Gasteiger partial charge in [0.25, 0.3) is 0 Å². The van der Waals surface area contributed by atoms with Crippen LogP contribution in [0.4, 0.5) is 4.79 Å². The van der Waals surface area contributed by atoms with E-state index in [0.717, 1.165) is 19.5 Å². The molecule has 6 nitrogen and oxygen atoms in total. The van der Waals surface area contributed by atoms with Crippen LogP contribution in [-0.4, -0.2) is 70.8 Å². The first kappa shape index (κ1) is 14.5. The van der Waals surface area contributed by atoms with E-state index in [2.05, 4.69) is 24.2 Å². The number of nitrogens with one attached hydrogen (secondary N) is 1. The number of carbonyl (C=O) groups is 2. The van der Waals surface area contributed by atoms with Gasteiger partial charge >= 0.3 is 12.0 Å². The van der Waals surface area contributed by atoms with Crippen molar-refractivity contribution in [2.75, 3.05) is 31.8 Å². The molecule has 0 aromatic heterocycles. The summed E-state index contributed by atoms with van der Waals surface area (Å²) in [5.74, 6) is 0.410. The predicted molar refractivity (Wildman–Crippen MR) is 74.2 cm³/mol. The average Bonchev–Trinajstić information content (AvgIpc) is 2.82. The number of carboxylic acids is 1. The molecule has 2 heterocycles. The van der Waals surface area contributed by atoms with Gasteiger partial charge in [-0.05, 0) is 25.9 Å². The van der Waals surface area contributed by atoms with Gasteiger partial charge < -0.3 is 20.2 Å². The second kappa shape index (κ2) is 6.00. The minimum atomic E-state index is -0.920. The summed E-state index contributed by atoms with van der Waals surface area (Å²) in [7, 11) is 2.08. The summed E-state index contributed by atoms with van der Waals surface area (Å²) in [5.41, 5.74) is 0. The number of amides is 2. The molecule has 108 valence electrons. The van der Waals surface area contributed by atoms with E-state index in [0.29, 0.717) is 17.5 Å². The van der Waals surface area contributed by atoms with E-state index in [1.54, 1.807) is 0 Å². The molecule has 3 atom stereocenters. The van der Waals surface area contributed by atoms with Crippen molar-refractivity contribution in [3.05, 3.63) is 0 Å². The van der Waals surface area contributed by atoms with E-state index in [4.69, 9.17) is 5.11 Å². The van der Waals surface area contributed by atoms with Crippen LogP contribution < -0.4 is 5.32 Å². The summed E-state index contributed by atoms with van der Waals surface area (Å²) in [4.78, 5) is 26.9. The Balaban J connectivity index is 1.92. The molecule has 0 aromatic carbocycles. The fourth-order valence-corrected chi connectivity index (χ4v) is 3.80. The molecule has 3 unspecified atom stereocenters. The second-order valence-electron chi connectivity index (χ2n) is 5.41. The van der Waals surface area contributed by atoms with Crippen LogP contribution in [0.15, 0.2) is 0 Å². The molecule has 0 saturated carbocycles. The monoisotopic (exact) mass is 287 g/mol. The highest BCUT2D eigenvalue weighted by molar-refractivity contribution is 7.99. The first-order valence-corrected chi connectivity index (χ1v) is 7.70. The Kier molecular flexibility index (Phi) is 4.57. The van der Waals surface area contributed by atoms with Crippen LogP contribution in [0.2, 0.25) is 0 Å². The number of hydrogen-bond donors (Lipinski definition) is 2. The summed E-state index contributed by atoms with van der Waals surface area (Å²) >= 11 is 1.49. The van der Waals surface area contributed by atoms with E-state index < -0.39 is 12.0 Å². The number of nitrogens with zero attached hydrogens (tertiary/aromatic N) is 2. The highest BCUT2D eigenvalue weighted by Crippen LogP contribution is 2.22. The number of carboxylic acid groups (broad SMARTS) is 1. The molecule has 2 saturated heterocycles. The maximum Gasteiger partial charge on any atom is 0.327 e. The van der Waals surface area contributed by atoms with Crippen molar-refractivity contribution < 1.29 is 14.7 Å². The Morgan fingerprint density at radius 2 is 2.16 bits per heavy atom. The molecule has 19 heavy (non-hydrogen) atoms. The highest BCUT2D eigenvalue weighted by atomic mass is 32.2. The molecule has 2 aliphatic heterocycles. The van der Waals surface area contributed by atoms with Crippen molar-refractivity contribution in [3.8, 4) is 0 Å². The standard InChI is InChI=1S/C12H21N3O3S/c1-8-5-14(2)4-3-9(8)13-12(18)15-7-19-6-10(15)11(16)17/h8-10H,3-7H2,1-2H3,(H,13,18)(H,16,17). The van der Waals surface area contributed by atoms with Crippen LogP contribution in [0.1, 0.15) is 13.3 Å². The molecule has 2 amide bonds. The van der Waals surface area contributed by atoms with Crippen LogP contribution in [0.25, 0.3) is 0 Å². The minimum Gasteiger partial charge on any atom is -0.480 e. The van der Waals surface area contributed by atoms with Crippen molar-refractivity contribution in [1.82, 2.24) is 15.1 Å². The highest BCUT2D eigenvalue weighted by Gasteiger charge is 2.36. The lowest BCUT2D eigenvalue weighted by atomic mass is 9.94. The molecule has 0 aliphatic carbocycles. The Hall–Kier alpha value is -0.950. The normalized spacial score (nSPS) is 32.3. The molecule has 2 N–H and O–H groups in total. The second-order valence-corrected chi connectivity index (χ2v) is 6.41. The smallest absolute Gasteiger partial charge is 0.327 e. The summed E-state index contributed by atoms with van der Waals surface area (Å²) in [6.07, 6.45) is 0.919. The average molecular weight is 287 g/mol. The number of hydrogen-bond acceptors (Lipinski definition) is 4. The predicted octanol–water partition coefficient (Wildman–Crippen LogP) is 0.496. The summed E-state index contributed by atoms with van der Waals surface area (Å²) < 4.78 is 0. The lowest BCUT2D eigenvalue weighted by Crippen LogP contribution is -2.54. The third kappa shape index (κ3) is 3.33. The number of urea groups is 1. The Labute approximate surface area is 117 Å². The number of carbonyl (C=O) groups excluding carboxylic acids is 1. The largest absolute Gasteiger partial charge is 0.480 e. The molecule has 0 radical (unpaired) electrons. The van der Waals surface area contributed by atoms with Crippen LogP contribution in [0.5, 0.6) is 0 Å². The van der Waals surface area contributed by atoms with Crippen molar-refractivity contribution >= 4 is 23.8 Å². The van der Waals surface area contributed by atoms with Gasteiger partial charge in [0.15, 0.2) is 0 Å². The zero-order chi connectivity index (χ0) is 14.0. The third-order valence-corrected chi connectivity index (χ3v) is 4.86. The maximum atomic E-state index is 12.2. The summed E-state index contributed by atoms with van der Waals surface area (Å²) in [6.45, 7) is 4.04. The molecule has 2 aliphatic rings. The van der Waals surface area contributed by atoms with E-state index in [1.165, 1.54) is 16.7 Å². The number of rotatable bonds is 2. The van der Waals surface area contributed by atoms with Gasteiger partial charge in [-0.25, -0.2) is 9.59 Å². The number of thioether (sulfide) groups is 1. The molecule has 0 bridgehead atoms. The fraction of sp³-hybridized carbons (Fsp3) is 0.833. The van der Waals surface area contributed by atoms with E-state index >= 15 is 0 Å². The SMILES string of the molecule is CC1CN(C)CCC1NC(=O)N1CSCC1C(=O)O. The van der Waals surface area contributed by atoms with Crippen molar-refractivity contribution in [2.45, 2.75) is 25.4 Å². The van der Waals surface area contributed by atoms with Crippen LogP contribution in [-0.2, 0) is 4.79 Å². The van der Waals surface area contributed by atoms with E-state index in [-0.39, 0.29) is 12.1 Å². The fourth-order valence-electron chi connectivity index (χ4n) is 2.66. The van der Waals surface area contributed by atoms with Gasteiger partial charge in [-0.1, -0.05) is 6.92 Å². The Morgan fingerprint density at radius 3 is 2.79 bits per heavy atom. The zero-order valence-corrected chi connectivity index (χ0v) is 12.2. The molecule has 0 spiro atoms. The van der Waals surface area contributed by atoms with Gasteiger partial charge in [0.2, 0.25) is 0 Å². The first-order chi connectivity index (χ1) is 8.99. The quantitative estimate of drug-likeness (QED) is 0.773. The van der Waals surface area contributed by atoms with Gasteiger partial charge in [0, 0.05) is 18.3 Å². The molecule has 2 rings (SSSR count). The van der Waals surface area contributed by atoms with Gasteiger partial charge in [-0.3, -0.25) is 0 Å². The summed E-state index contributed by atoms with van der Waals surface area (Å²) in [6, 6.07) is -0.783.